The summed E-state index contributed by atoms with van der Waals surface area (Å²) in [6, 6.07) is 15.8. The number of amides is 1. The van der Waals surface area contributed by atoms with Gasteiger partial charge >= 0.3 is 0 Å². The summed E-state index contributed by atoms with van der Waals surface area (Å²) in [5, 5.41) is 0. The van der Waals surface area contributed by atoms with E-state index in [0.717, 1.165) is 11.1 Å². The van der Waals surface area contributed by atoms with E-state index < -0.39 is 5.56 Å². The zero-order valence-electron chi connectivity index (χ0n) is 17.4. The number of rotatable bonds is 4. The number of aromatic nitrogens is 2. The van der Waals surface area contributed by atoms with E-state index in [2.05, 4.69) is 30.7 Å². The summed E-state index contributed by atoms with van der Waals surface area (Å²) in [7, 11) is 0. The first kappa shape index (κ1) is 19.9. The Morgan fingerprint density at radius 2 is 1.70 bits per heavy atom. The Bertz CT molecular complexity index is 1100. The van der Waals surface area contributed by atoms with Gasteiger partial charge in [0.15, 0.2) is 0 Å². The lowest BCUT2D eigenvalue weighted by molar-refractivity contribution is 0.0749. The summed E-state index contributed by atoms with van der Waals surface area (Å²) < 4.78 is 5.73. The molecule has 30 heavy (non-hydrogen) atoms. The quantitative estimate of drug-likeness (QED) is 0.719. The molecule has 6 nitrogen and oxygen atoms in total. The molecular weight excluding hydrogens is 378 g/mol. The molecule has 0 atom stereocenters. The molecule has 0 radical (unpaired) electrons. The fraction of sp³-hybridized carbons (Fsp3) is 0.292. The predicted molar refractivity (Wildman–Crippen MR) is 114 cm³/mol. The molecule has 0 spiro atoms. The first-order chi connectivity index (χ1) is 14.3. The summed E-state index contributed by atoms with van der Waals surface area (Å²) in [6.07, 6.45) is 1.34. The number of hydrogen-bond donors (Lipinski definition) is 1. The number of aromatic amines is 1. The zero-order valence-corrected chi connectivity index (χ0v) is 17.4. The molecule has 1 aliphatic rings. The highest BCUT2D eigenvalue weighted by atomic mass is 16.5. The van der Waals surface area contributed by atoms with Crippen LogP contribution in [0.25, 0.3) is 0 Å². The van der Waals surface area contributed by atoms with Crippen molar-refractivity contribution in [3.8, 4) is 5.75 Å². The van der Waals surface area contributed by atoms with Gasteiger partial charge in [-0.1, -0.05) is 57.2 Å². The van der Waals surface area contributed by atoms with Gasteiger partial charge < -0.3 is 14.6 Å². The molecule has 0 unspecified atom stereocenters. The number of hydrogen-bond acceptors (Lipinski definition) is 4. The van der Waals surface area contributed by atoms with Gasteiger partial charge in [0.05, 0.1) is 0 Å². The predicted octanol–water partition coefficient (Wildman–Crippen LogP) is 3.80. The standard InChI is InChI=1S/C24H25N3O3/c1-24(2,3)18-8-10-19(11-9-18)30-15-21-25-12-20(22(28)26-21)23(29)27-13-16-6-4-5-7-17(16)14-27/h4-12H,13-15H2,1-3H3,(H,25,26,28). The normalized spacial score (nSPS) is 13.2. The van der Waals surface area contributed by atoms with E-state index in [-0.39, 0.29) is 23.5 Å². The molecule has 0 saturated carbocycles. The second kappa shape index (κ2) is 7.78. The third kappa shape index (κ3) is 4.13. The van der Waals surface area contributed by atoms with Gasteiger partial charge in [0.25, 0.3) is 11.5 Å². The lowest BCUT2D eigenvalue weighted by atomic mass is 9.87. The van der Waals surface area contributed by atoms with Gasteiger partial charge in [0, 0.05) is 19.3 Å². The van der Waals surface area contributed by atoms with Gasteiger partial charge in [-0.2, -0.15) is 0 Å². The molecule has 2 heterocycles. The van der Waals surface area contributed by atoms with Crippen LogP contribution in [0, 0.1) is 0 Å². The van der Waals surface area contributed by atoms with E-state index in [1.165, 1.54) is 11.8 Å². The Morgan fingerprint density at radius 1 is 1.07 bits per heavy atom. The van der Waals surface area contributed by atoms with E-state index in [9.17, 15) is 9.59 Å². The number of nitrogens with zero attached hydrogens (tertiary/aromatic N) is 2. The van der Waals surface area contributed by atoms with Crippen molar-refractivity contribution in [1.29, 1.82) is 0 Å². The number of nitrogens with one attached hydrogen (secondary N) is 1. The molecule has 3 aromatic rings. The fourth-order valence-electron chi connectivity index (χ4n) is 3.51. The summed E-state index contributed by atoms with van der Waals surface area (Å²) in [4.78, 5) is 33.8. The molecule has 1 amide bonds. The van der Waals surface area contributed by atoms with E-state index in [4.69, 9.17) is 4.74 Å². The van der Waals surface area contributed by atoms with E-state index in [1.54, 1.807) is 4.90 Å². The monoisotopic (exact) mass is 403 g/mol. The van der Waals surface area contributed by atoms with Crippen LogP contribution in [-0.2, 0) is 25.1 Å². The maximum absolute atomic E-state index is 12.8. The summed E-state index contributed by atoms with van der Waals surface area (Å²) in [5.74, 6) is 0.756. The molecule has 0 bridgehead atoms. The second-order valence-electron chi connectivity index (χ2n) is 8.57. The number of benzene rings is 2. The maximum Gasteiger partial charge on any atom is 0.263 e. The van der Waals surface area contributed by atoms with E-state index in [1.807, 2.05) is 48.5 Å². The first-order valence-corrected chi connectivity index (χ1v) is 9.99. The molecule has 0 saturated heterocycles. The van der Waals surface area contributed by atoms with Crippen LogP contribution in [0.5, 0.6) is 5.75 Å². The Balaban J connectivity index is 1.41. The van der Waals surface area contributed by atoms with Gasteiger partial charge in [-0.15, -0.1) is 0 Å². The summed E-state index contributed by atoms with van der Waals surface area (Å²) in [5.41, 5.74) is 3.10. The minimum atomic E-state index is -0.451. The molecule has 1 aliphatic heterocycles. The highest BCUT2D eigenvalue weighted by Crippen LogP contribution is 2.25. The molecule has 4 rings (SSSR count). The lowest BCUT2D eigenvalue weighted by Gasteiger charge is -2.19. The number of carbonyl (C=O) groups is 1. The van der Waals surface area contributed by atoms with Gasteiger partial charge in [-0.3, -0.25) is 9.59 Å². The van der Waals surface area contributed by atoms with Crippen molar-refractivity contribution in [1.82, 2.24) is 14.9 Å². The SMILES string of the molecule is CC(C)(C)c1ccc(OCc2ncc(C(=O)N3Cc4ccccc4C3)c(=O)[nH]2)cc1. The average Bonchev–Trinajstić information content (AvgIpc) is 3.16. The first-order valence-electron chi connectivity index (χ1n) is 9.99. The van der Waals surface area contributed by atoms with Gasteiger partial charge in [0.2, 0.25) is 0 Å². The van der Waals surface area contributed by atoms with Crippen LogP contribution in [0.2, 0.25) is 0 Å². The third-order valence-corrected chi connectivity index (χ3v) is 5.31. The van der Waals surface area contributed by atoms with Crippen molar-refractivity contribution in [3.63, 3.8) is 0 Å². The Labute approximate surface area is 175 Å². The van der Waals surface area contributed by atoms with Crippen molar-refractivity contribution >= 4 is 5.91 Å². The van der Waals surface area contributed by atoms with Gasteiger partial charge in [-0.25, -0.2) is 4.98 Å². The molecule has 2 aromatic carbocycles. The number of carbonyl (C=O) groups excluding carboxylic acids is 1. The van der Waals surface area contributed by atoms with Crippen LogP contribution >= 0.6 is 0 Å². The topological polar surface area (TPSA) is 75.3 Å². The zero-order chi connectivity index (χ0) is 21.3. The van der Waals surface area contributed by atoms with Crippen molar-refractivity contribution in [2.24, 2.45) is 0 Å². The average molecular weight is 403 g/mol. The summed E-state index contributed by atoms with van der Waals surface area (Å²) in [6.45, 7) is 7.59. The number of fused-ring (bicyclic) bond motifs is 1. The molecule has 0 aliphatic carbocycles. The highest BCUT2D eigenvalue weighted by molar-refractivity contribution is 5.93. The van der Waals surface area contributed by atoms with Crippen molar-refractivity contribution in [2.45, 2.75) is 45.9 Å². The molecular formula is C24H25N3O3. The van der Waals surface area contributed by atoms with Gasteiger partial charge in [0.1, 0.15) is 23.7 Å². The Hall–Kier alpha value is -3.41. The number of H-pyrrole nitrogens is 1. The van der Waals surface area contributed by atoms with Crippen molar-refractivity contribution < 1.29 is 9.53 Å². The smallest absolute Gasteiger partial charge is 0.263 e. The minimum absolute atomic E-state index is 0.0427. The second-order valence-corrected chi connectivity index (χ2v) is 8.57. The van der Waals surface area contributed by atoms with Crippen LogP contribution in [-0.4, -0.2) is 20.8 Å². The fourth-order valence-corrected chi connectivity index (χ4v) is 3.51. The highest BCUT2D eigenvalue weighted by Gasteiger charge is 2.26. The third-order valence-electron chi connectivity index (χ3n) is 5.31. The van der Waals surface area contributed by atoms with Crippen LogP contribution in [0.3, 0.4) is 0 Å². The maximum atomic E-state index is 12.8. The van der Waals surface area contributed by atoms with Crippen LogP contribution in [0.1, 0.15) is 53.6 Å². The number of ether oxygens (including phenoxy) is 1. The Kier molecular flexibility index (Phi) is 5.16. The molecule has 0 fully saturated rings. The van der Waals surface area contributed by atoms with E-state index in [0.29, 0.717) is 24.7 Å². The van der Waals surface area contributed by atoms with Crippen LogP contribution in [0.4, 0.5) is 0 Å². The van der Waals surface area contributed by atoms with E-state index >= 15 is 0 Å². The lowest BCUT2D eigenvalue weighted by Crippen LogP contribution is -2.31. The largest absolute Gasteiger partial charge is 0.486 e. The molecule has 6 heteroatoms. The van der Waals surface area contributed by atoms with Crippen LogP contribution in [0.15, 0.2) is 59.5 Å². The van der Waals surface area contributed by atoms with Crippen LogP contribution < -0.4 is 10.3 Å². The molecule has 1 aromatic heterocycles. The van der Waals surface area contributed by atoms with Crippen molar-refractivity contribution in [2.75, 3.05) is 0 Å². The summed E-state index contributed by atoms with van der Waals surface area (Å²) >= 11 is 0. The van der Waals surface area contributed by atoms with Crippen molar-refractivity contribution in [3.05, 3.63) is 93.2 Å². The minimum Gasteiger partial charge on any atom is -0.486 e. The molecule has 1 N–H and O–H groups in total. The Morgan fingerprint density at radius 3 is 2.27 bits per heavy atom. The molecule has 154 valence electrons. The van der Waals surface area contributed by atoms with Gasteiger partial charge in [-0.05, 0) is 34.2 Å².